The van der Waals surface area contributed by atoms with Gasteiger partial charge < -0.3 is 15.5 Å². The average Bonchev–Trinajstić information content (AvgIpc) is 2.85. The molecule has 0 bridgehead atoms. The molecule has 1 aliphatic heterocycles. The Labute approximate surface area is 197 Å². The number of hydrogen-bond acceptors (Lipinski definition) is 5. The van der Waals surface area contributed by atoms with E-state index in [1.165, 1.54) is 0 Å². The van der Waals surface area contributed by atoms with Crippen LogP contribution in [-0.4, -0.2) is 41.4 Å². The number of piperazine rings is 1. The highest BCUT2D eigenvalue weighted by Gasteiger charge is 2.19. The van der Waals surface area contributed by atoms with Crippen molar-refractivity contribution >= 4 is 34.2 Å². The molecule has 170 valence electrons. The van der Waals surface area contributed by atoms with E-state index < -0.39 is 0 Å². The van der Waals surface area contributed by atoms with Crippen LogP contribution in [0.2, 0.25) is 0 Å². The van der Waals surface area contributed by atoms with E-state index in [2.05, 4.69) is 33.8 Å². The van der Waals surface area contributed by atoms with Crippen LogP contribution >= 0.6 is 0 Å². The number of pyridine rings is 2. The number of hydrogen-bond donors (Lipinski definition) is 2. The van der Waals surface area contributed by atoms with Gasteiger partial charge in [0.05, 0.1) is 30.4 Å². The monoisotopic (exact) mass is 451 g/mol. The molecule has 5 rings (SSSR count). The summed E-state index contributed by atoms with van der Waals surface area (Å²) in [5, 5.41) is 6.79. The van der Waals surface area contributed by atoms with Gasteiger partial charge in [0.25, 0.3) is 0 Å². The van der Waals surface area contributed by atoms with E-state index in [0.717, 1.165) is 33.3 Å². The predicted molar refractivity (Wildman–Crippen MR) is 134 cm³/mol. The summed E-state index contributed by atoms with van der Waals surface area (Å²) in [5.41, 5.74) is 5.37. The topological polar surface area (TPSA) is 87.2 Å². The zero-order valence-electron chi connectivity index (χ0n) is 18.9. The lowest BCUT2D eigenvalue weighted by Gasteiger charge is -2.27. The molecule has 1 fully saturated rings. The molecule has 2 aromatic heterocycles. The lowest BCUT2D eigenvalue weighted by atomic mass is 9.92. The van der Waals surface area contributed by atoms with Crippen molar-refractivity contribution in [2.75, 3.05) is 29.9 Å². The third-order valence-corrected chi connectivity index (χ3v) is 5.99. The summed E-state index contributed by atoms with van der Waals surface area (Å²) in [6.45, 7) is 3.55. The summed E-state index contributed by atoms with van der Waals surface area (Å²) in [5.74, 6) is 0.567. The Bertz CT molecular complexity index is 1350. The summed E-state index contributed by atoms with van der Waals surface area (Å²) in [6.07, 6.45) is 1.82. The second-order valence-corrected chi connectivity index (χ2v) is 8.34. The van der Waals surface area contributed by atoms with Crippen LogP contribution in [-0.2, 0) is 16.0 Å². The summed E-state index contributed by atoms with van der Waals surface area (Å²) in [6, 6.07) is 21.8. The maximum Gasteiger partial charge on any atom is 0.239 e. The van der Waals surface area contributed by atoms with Gasteiger partial charge in [-0.3, -0.25) is 14.6 Å². The Kier molecular flexibility index (Phi) is 5.91. The first-order valence-corrected chi connectivity index (χ1v) is 11.3. The van der Waals surface area contributed by atoms with Crippen LogP contribution < -0.4 is 15.5 Å². The molecule has 34 heavy (non-hydrogen) atoms. The molecule has 0 spiro atoms. The molecule has 3 heterocycles. The SMILES string of the molecule is Cc1nc2ccccc2c(-c2ccccc2)c1CC(=O)Nc1ccc(N2CCNC(=O)C2)nc1. The van der Waals surface area contributed by atoms with Crippen molar-refractivity contribution in [3.8, 4) is 11.1 Å². The Morgan fingerprint density at radius 1 is 1.06 bits per heavy atom. The maximum absolute atomic E-state index is 13.1. The van der Waals surface area contributed by atoms with Crippen molar-refractivity contribution in [1.29, 1.82) is 0 Å². The first-order chi connectivity index (χ1) is 16.6. The maximum atomic E-state index is 13.1. The van der Waals surface area contributed by atoms with Crippen LogP contribution in [0.15, 0.2) is 72.9 Å². The van der Waals surface area contributed by atoms with Crippen LogP contribution in [0.4, 0.5) is 11.5 Å². The third kappa shape index (κ3) is 4.45. The minimum absolute atomic E-state index is 0.0148. The number of fused-ring (bicyclic) bond motifs is 1. The zero-order valence-corrected chi connectivity index (χ0v) is 18.9. The molecule has 0 unspecified atom stereocenters. The standard InChI is InChI=1S/C27H25N5O2/c1-18-22(27(19-7-3-2-4-8-19)21-9-5-6-10-23(21)30-18)15-25(33)31-20-11-12-24(29-16-20)32-14-13-28-26(34)17-32/h2-12,16H,13-15,17H2,1H3,(H,28,34)(H,31,33). The highest BCUT2D eigenvalue weighted by molar-refractivity contribution is 6.00. The molecule has 0 aliphatic carbocycles. The fourth-order valence-corrected chi connectivity index (χ4v) is 4.37. The Hall–Kier alpha value is -4.26. The van der Waals surface area contributed by atoms with Gasteiger partial charge in [-0.1, -0.05) is 48.5 Å². The van der Waals surface area contributed by atoms with E-state index in [1.54, 1.807) is 6.20 Å². The second kappa shape index (κ2) is 9.31. The largest absolute Gasteiger partial charge is 0.353 e. The van der Waals surface area contributed by atoms with Gasteiger partial charge in [-0.15, -0.1) is 0 Å². The molecule has 7 heteroatoms. The van der Waals surface area contributed by atoms with E-state index in [4.69, 9.17) is 4.98 Å². The number of rotatable bonds is 5. The number of para-hydroxylation sites is 1. The van der Waals surface area contributed by atoms with Crippen molar-refractivity contribution < 1.29 is 9.59 Å². The molecule has 0 atom stereocenters. The molecule has 0 saturated carbocycles. The van der Waals surface area contributed by atoms with Gasteiger partial charge in [-0.2, -0.15) is 0 Å². The third-order valence-electron chi connectivity index (χ3n) is 5.99. The Balaban J connectivity index is 1.40. The van der Waals surface area contributed by atoms with Gasteiger partial charge in [-0.25, -0.2) is 4.98 Å². The quantitative estimate of drug-likeness (QED) is 0.483. The molecule has 7 nitrogen and oxygen atoms in total. The van der Waals surface area contributed by atoms with E-state index in [-0.39, 0.29) is 24.8 Å². The van der Waals surface area contributed by atoms with Crippen molar-refractivity contribution in [3.63, 3.8) is 0 Å². The molecule has 1 aliphatic rings. The first-order valence-electron chi connectivity index (χ1n) is 11.3. The number of amides is 2. The summed E-state index contributed by atoms with van der Waals surface area (Å²) in [7, 11) is 0. The smallest absolute Gasteiger partial charge is 0.239 e. The fraction of sp³-hybridized carbons (Fsp3) is 0.185. The Morgan fingerprint density at radius 3 is 2.62 bits per heavy atom. The Morgan fingerprint density at radius 2 is 1.85 bits per heavy atom. The van der Waals surface area contributed by atoms with Gasteiger partial charge in [-0.05, 0) is 41.8 Å². The molecule has 2 amide bonds. The van der Waals surface area contributed by atoms with Gasteiger partial charge >= 0.3 is 0 Å². The molecule has 2 aromatic carbocycles. The lowest BCUT2D eigenvalue weighted by Crippen LogP contribution is -2.48. The number of nitrogens with one attached hydrogen (secondary N) is 2. The summed E-state index contributed by atoms with van der Waals surface area (Å²) < 4.78 is 0. The number of carbonyl (C=O) groups excluding carboxylic acids is 2. The normalized spacial score (nSPS) is 13.6. The molecule has 4 aromatic rings. The summed E-state index contributed by atoms with van der Waals surface area (Å²) in [4.78, 5) is 35.8. The van der Waals surface area contributed by atoms with E-state index in [0.29, 0.717) is 24.6 Å². The van der Waals surface area contributed by atoms with Gasteiger partial charge in [0.15, 0.2) is 0 Å². The van der Waals surface area contributed by atoms with Crippen LogP contribution in [0.3, 0.4) is 0 Å². The van der Waals surface area contributed by atoms with Crippen LogP contribution in [0.1, 0.15) is 11.3 Å². The predicted octanol–water partition coefficient (Wildman–Crippen LogP) is 3.72. The van der Waals surface area contributed by atoms with E-state index >= 15 is 0 Å². The van der Waals surface area contributed by atoms with Gasteiger partial charge in [0.2, 0.25) is 11.8 Å². The van der Waals surface area contributed by atoms with Crippen molar-refractivity contribution in [2.45, 2.75) is 13.3 Å². The minimum atomic E-state index is -0.135. The van der Waals surface area contributed by atoms with Crippen LogP contribution in [0.5, 0.6) is 0 Å². The van der Waals surface area contributed by atoms with Gasteiger partial charge in [0, 0.05) is 24.2 Å². The number of benzene rings is 2. The molecule has 2 N–H and O–H groups in total. The number of aromatic nitrogens is 2. The van der Waals surface area contributed by atoms with Crippen molar-refractivity contribution in [1.82, 2.24) is 15.3 Å². The number of aryl methyl sites for hydroxylation is 1. The fourth-order valence-electron chi connectivity index (χ4n) is 4.37. The van der Waals surface area contributed by atoms with Gasteiger partial charge in [0.1, 0.15) is 5.82 Å². The molecule has 0 radical (unpaired) electrons. The highest BCUT2D eigenvalue weighted by atomic mass is 16.2. The molecular formula is C27H25N5O2. The summed E-state index contributed by atoms with van der Waals surface area (Å²) >= 11 is 0. The van der Waals surface area contributed by atoms with E-state index in [1.807, 2.05) is 60.4 Å². The first kappa shape index (κ1) is 21.6. The second-order valence-electron chi connectivity index (χ2n) is 8.34. The molecule has 1 saturated heterocycles. The highest BCUT2D eigenvalue weighted by Crippen LogP contribution is 2.33. The lowest BCUT2D eigenvalue weighted by molar-refractivity contribution is -0.120. The minimum Gasteiger partial charge on any atom is -0.353 e. The van der Waals surface area contributed by atoms with Crippen molar-refractivity contribution in [3.05, 3.63) is 84.2 Å². The average molecular weight is 452 g/mol. The number of anilines is 2. The number of nitrogens with zero attached hydrogens (tertiary/aromatic N) is 3. The van der Waals surface area contributed by atoms with Crippen LogP contribution in [0, 0.1) is 6.92 Å². The van der Waals surface area contributed by atoms with E-state index in [9.17, 15) is 9.59 Å². The number of carbonyl (C=O) groups is 2. The van der Waals surface area contributed by atoms with Crippen molar-refractivity contribution in [2.24, 2.45) is 0 Å². The molecular weight excluding hydrogens is 426 g/mol. The zero-order chi connectivity index (χ0) is 23.5. The van der Waals surface area contributed by atoms with Crippen LogP contribution in [0.25, 0.3) is 22.0 Å².